The molecule has 1 aromatic carbocycles. The molecule has 0 spiro atoms. The molecule has 1 saturated heterocycles. The fraction of sp³-hybridized carbons (Fsp3) is 0.435. The van der Waals surface area contributed by atoms with Crippen LogP contribution in [0.15, 0.2) is 41.6 Å². The maximum atomic E-state index is 13.8. The zero-order valence-corrected chi connectivity index (χ0v) is 19.8. The third kappa shape index (κ3) is 5.26. The smallest absolute Gasteiger partial charge is 0.272 e. The van der Waals surface area contributed by atoms with Crippen molar-refractivity contribution in [1.29, 1.82) is 0 Å². The van der Waals surface area contributed by atoms with Crippen molar-refractivity contribution in [3.8, 4) is 12.3 Å². The van der Waals surface area contributed by atoms with Gasteiger partial charge < -0.3 is 9.80 Å². The second-order valence-electron chi connectivity index (χ2n) is 7.83. The monoisotopic (exact) mass is 471 g/mol. The first-order valence-electron chi connectivity index (χ1n) is 11.0. The van der Waals surface area contributed by atoms with E-state index >= 15 is 0 Å². The fourth-order valence-electron chi connectivity index (χ4n) is 4.09. The van der Waals surface area contributed by atoms with Gasteiger partial charge in [-0.25, -0.2) is 8.42 Å². The first kappa shape index (κ1) is 24.5. The molecule has 176 valence electrons. The fourth-order valence-corrected chi connectivity index (χ4v) is 5.76. The zero-order valence-electron chi connectivity index (χ0n) is 19.0. The Morgan fingerprint density at radius 3 is 2.24 bits per heavy atom. The first-order chi connectivity index (χ1) is 15.8. The van der Waals surface area contributed by atoms with Crippen LogP contribution < -0.4 is 9.80 Å². The van der Waals surface area contributed by atoms with E-state index in [1.54, 1.807) is 12.4 Å². The molecule has 1 aromatic heterocycles. The summed E-state index contributed by atoms with van der Waals surface area (Å²) < 4.78 is 29.0. The molecule has 0 radical (unpaired) electrons. The van der Waals surface area contributed by atoms with Crippen LogP contribution in [0.25, 0.3) is 0 Å². The molecule has 0 amide bonds. The summed E-state index contributed by atoms with van der Waals surface area (Å²) in [6.45, 7) is 6.72. The molecule has 2 aromatic rings. The maximum Gasteiger partial charge on any atom is 0.272 e. The Morgan fingerprint density at radius 1 is 1.12 bits per heavy atom. The molecule has 0 bridgehead atoms. The Kier molecular flexibility index (Phi) is 7.89. The summed E-state index contributed by atoms with van der Waals surface area (Å²) in [5, 5.41) is 11.6. The lowest BCUT2D eigenvalue weighted by Gasteiger charge is -2.36. The summed E-state index contributed by atoms with van der Waals surface area (Å²) >= 11 is 0. The molecule has 2 heterocycles. The minimum atomic E-state index is -4.02. The van der Waals surface area contributed by atoms with Gasteiger partial charge >= 0.3 is 0 Å². The van der Waals surface area contributed by atoms with Gasteiger partial charge in [-0.1, -0.05) is 19.8 Å². The van der Waals surface area contributed by atoms with Crippen molar-refractivity contribution >= 4 is 27.1 Å². The van der Waals surface area contributed by atoms with Crippen molar-refractivity contribution in [3.63, 3.8) is 0 Å². The van der Waals surface area contributed by atoms with E-state index in [0.29, 0.717) is 31.9 Å². The van der Waals surface area contributed by atoms with E-state index < -0.39 is 14.9 Å². The summed E-state index contributed by atoms with van der Waals surface area (Å²) in [5.41, 5.74) is 1.25. The van der Waals surface area contributed by atoms with Crippen molar-refractivity contribution in [2.45, 2.75) is 31.6 Å². The molecule has 10 heteroatoms. The van der Waals surface area contributed by atoms with Crippen LogP contribution in [0.4, 0.5) is 17.1 Å². The quantitative estimate of drug-likeness (QED) is 0.315. The topological polar surface area (TPSA) is 99.9 Å². The Balaban J connectivity index is 2.03. The van der Waals surface area contributed by atoms with Crippen LogP contribution in [0.2, 0.25) is 0 Å². The van der Waals surface area contributed by atoms with Crippen LogP contribution in [0.5, 0.6) is 0 Å². The SMILES string of the molecule is C#Cc1cc([N+](=O)[O-])cc(S(=O)(=O)N2CCN(c3ccncc3)CC2)c1N(CCC)CCC. The van der Waals surface area contributed by atoms with E-state index in [1.807, 2.05) is 30.9 Å². The van der Waals surface area contributed by atoms with E-state index in [2.05, 4.69) is 15.8 Å². The largest absolute Gasteiger partial charge is 0.369 e. The summed E-state index contributed by atoms with van der Waals surface area (Å²) in [4.78, 5) is 18.9. The number of nitrogens with zero attached hydrogens (tertiary/aromatic N) is 5. The number of hydrogen-bond donors (Lipinski definition) is 0. The second-order valence-corrected chi connectivity index (χ2v) is 9.73. The van der Waals surface area contributed by atoms with Gasteiger partial charge in [-0.3, -0.25) is 15.1 Å². The third-order valence-electron chi connectivity index (χ3n) is 5.61. The third-order valence-corrected chi connectivity index (χ3v) is 7.53. The zero-order chi connectivity index (χ0) is 24.0. The Morgan fingerprint density at radius 2 is 1.73 bits per heavy atom. The number of terminal acetylenes is 1. The molecule has 0 N–H and O–H groups in total. The summed E-state index contributed by atoms with van der Waals surface area (Å²) in [6.07, 6.45) is 10.7. The highest BCUT2D eigenvalue weighted by atomic mass is 32.2. The second kappa shape index (κ2) is 10.6. The molecule has 1 aliphatic heterocycles. The van der Waals surface area contributed by atoms with Gasteiger partial charge in [-0.15, -0.1) is 6.42 Å². The lowest BCUT2D eigenvalue weighted by Crippen LogP contribution is -2.49. The molecule has 3 rings (SSSR count). The van der Waals surface area contributed by atoms with Gasteiger partial charge in [-0.2, -0.15) is 4.31 Å². The van der Waals surface area contributed by atoms with Crippen molar-refractivity contribution in [2.75, 3.05) is 49.1 Å². The lowest BCUT2D eigenvalue weighted by molar-refractivity contribution is -0.385. The normalized spacial score (nSPS) is 14.6. The van der Waals surface area contributed by atoms with Gasteiger partial charge in [0, 0.05) is 69.5 Å². The molecule has 1 aliphatic rings. The summed E-state index contributed by atoms with van der Waals surface area (Å²) in [7, 11) is -4.02. The van der Waals surface area contributed by atoms with Gasteiger partial charge in [-0.05, 0) is 25.0 Å². The van der Waals surface area contributed by atoms with Gasteiger partial charge in [0.25, 0.3) is 5.69 Å². The molecule has 9 nitrogen and oxygen atoms in total. The van der Waals surface area contributed by atoms with Crippen LogP contribution in [0.1, 0.15) is 32.3 Å². The highest BCUT2D eigenvalue weighted by molar-refractivity contribution is 7.89. The number of nitro groups is 1. The molecule has 1 fully saturated rings. The van der Waals surface area contributed by atoms with Crippen molar-refractivity contribution in [1.82, 2.24) is 9.29 Å². The molecule has 0 aliphatic carbocycles. The van der Waals surface area contributed by atoms with E-state index in [0.717, 1.165) is 24.6 Å². The molecule has 0 saturated carbocycles. The van der Waals surface area contributed by atoms with Gasteiger partial charge in [0.2, 0.25) is 10.0 Å². The van der Waals surface area contributed by atoms with E-state index in [-0.39, 0.29) is 29.2 Å². The number of piperazine rings is 1. The van der Waals surface area contributed by atoms with Crippen molar-refractivity contribution in [3.05, 3.63) is 52.3 Å². The van der Waals surface area contributed by atoms with Gasteiger partial charge in [0.1, 0.15) is 4.90 Å². The van der Waals surface area contributed by atoms with Crippen LogP contribution in [0.3, 0.4) is 0 Å². The minimum absolute atomic E-state index is 0.0936. The van der Waals surface area contributed by atoms with Crippen LogP contribution in [-0.4, -0.2) is 61.9 Å². The highest BCUT2D eigenvalue weighted by Gasteiger charge is 2.34. The van der Waals surface area contributed by atoms with Crippen molar-refractivity contribution < 1.29 is 13.3 Å². The first-order valence-corrected chi connectivity index (χ1v) is 12.5. The standard InChI is InChI=1S/C23H29N5O4S/c1-4-11-26(12-5-2)23-19(6-3)17-21(28(29)30)18-22(23)33(31,32)27-15-13-25(14-16-27)20-7-9-24-10-8-20/h3,7-10,17-18H,4-5,11-16H2,1-2H3. The number of benzene rings is 1. The molecule has 0 unspecified atom stereocenters. The molecular formula is C23H29N5O4S. The van der Waals surface area contributed by atoms with Crippen LogP contribution in [-0.2, 0) is 10.0 Å². The molecule has 33 heavy (non-hydrogen) atoms. The number of anilines is 2. The number of non-ortho nitro benzene ring substituents is 1. The summed E-state index contributed by atoms with van der Waals surface area (Å²) in [6, 6.07) is 6.21. The van der Waals surface area contributed by atoms with Gasteiger partial charge in [0.05, 0.1) is 16.2 Å². The van der Waals surface area contributed by atoms with E-state index in [9.17, 15) is 18.5 Å². The van der Waals surface area contributed by atoms with E-state index in [4.69, 9.17) is 6.42 Å². The highest BCUT2D eigenvalue weighted by Crippen LogP contribution is 2.36. The number of nitro benzene ring substituents is 1. The number of rotatable bonds is 9. The average Bonchev–Trinajstić information content (AvgIpc) is 2.83. The number of hydrogen-bond acceptors (Lipinski definition) is 7. The number of aromatic nitrogens is 1. The Bertz CT molecular complexity index is 1120. The predicted molar refractivity (Wildman–Crippen MR) is 129 cm³/mol. The van der Waals surface area contributed by atoms with Crippen LogP contribution in [0, 0.1) is 22.5 Å². The number of sulfonamides is 1. The summed E-state index contributed by atoms with van der Waals surface area (Å²) in [5.74, 6) is 2.49. The molecular weight excluding hydrogens is 442 g/mol. The predicted octanol–water partition coefficient (Wildman–Crippen LogP) is 3.11. The van der Waals surface area contributed by atoms with E-state index in [1.165, 1.54) is 10.4 Å². The average molecular weight is 472 g/mol. The Hall–Kier alpha value is -3.16. The van der Waals surface area contributed by atoms with Crippen LogP contribution >= 0.6 is 0 Å². The molecule has 0 atom stereocenters. The van der Waals surface area contributed by atoms with Crippen molar-refractivity contribution in [2.24, 2.45) is 0 Å². The lowest BCUT2D eigenvalue weighted by atomic mass is 10.1. The maximum absolute atomic E-state index is 13.8. The number of pyridine rings is 1. The Labute approximate surface area is 195 Å². The van der Waals surface area contributed by atoms with Gasteiger partial charge in [0.15, 0.2) is 0 Å². The minimum Gasteiger partial charge on any atom is -0.369 e.